The Labute approximate surface area is 155 Å². The molecular formula is C19H19N5O3. The number of benzene rings is 1. The zero-order valence-corrected chi connectivity index (χ0v) is 14.8. The Hall–Kier alpha value is -3.42. The van der Waals surface area contributed by atoms with Crippen molar-refractivity contribution in [3.63, 3.8) is 0 Å². The van der Waals surface area contributed by atoms with Gasteiger partial charge in [-0.15, -0.1) is 0 Å². The molecule has 3 aromatic rings. The highest BCUT2D eigenvalue weighted by atomic mass is 16.6. The van der Waals surface area contributed by atoms with E-state index >= 15 is 0 Å². The lowest BCUT2D eigenvalue weighted by atomic mass is 10.1. The summed E-state index contributed by atoms with van der Waals surface area (Å²) in [4.78, 5) is 29.7. The Morgan fingerprint density at radius 2 is 2.04 bits per heavy atom. The number of nitrogens with zero attached hydrogens (tertiary/aromatic N) is 4. The number of nitro groups is 1. The molecule has 1 aliphatic rings. The summed E-state index contributed by atoms with van der Waals surface area (Å²) in [7, 11) is 0. The highest BCUT2D eigenvalue weighted by Crippen LogP contribution is 2.31. The molecule has 0 bridgehead atoms. The van der Waals surface area contributed by atoms with Crippen molar-refractivity contribution in [2.75, 3.05) is 23.3 Å². The fourth-order valence-corrected chi connectivity index (χ4v) is 3.63. The summed E-state index contributed by atoms with van der Waals surface area (Å²) in [6.45, 7) is 3.25. The Morgan fingerprint density at radius 3 is 2.85 bits per heavy atom. The molecule has 138 valence electrons. The van der Waals surface area contributed by atoms with Gasteiger partial charge in [0.05, 0.1) is 4.92 Å². The first-order valence-corrected chi connectivity index (χ1v) is 8.80. The number of fused-ring (bicyclic) bond motifs is 2. The van der Waals surface area contributed by atoms with Crippen molar-refractivity contribution >= 4 is 22.8 Å². The topological polar surface area (TPSA) is 92.8 Å². The largest absolute Gasteiger partial charge is 0.376 e. The van der Waals surface area contributed by atoms with Crippen molar-refractivity contribution in [1.82, 2.24) is 9.38 Å². The SMILES string of the molecule is CC1Cc2ccccc2N1CCNc1nc2ccccn2c(=O)c1[N+](=O)[O-]. The number of hydrogen-bond donors (Lipinski definition) is 1. The molecule has 0 aliphatic carbocycles. The molecule has 3 heterocycles. The molecule has 0 fully saturated rings. The smallest absolute Gasteiger partial charge is 0.367 e. The lowest BCUT2D eigenvalue weighted by Crippen LogP contribution is -2.34. The van der Waals surface area contributed by atoms with E-state index in [9.17, 15) is 14.9 Å². The number of anilines is 2. The van der Waals surface area contributed by atoms with Gasteiger partial charge >= 0.3 is 11.2 Å². The quantitative estimate of drug-likeness (QED) is 0.551. The fraction of sp³-hybridized carbons (Fsp3) is 0.263. The van der Waals surface area contributed by atoms with Crippen LogP contribution >= 0.6 is 0 Å². The Kier molecular flexibility index (Phi) is 4.23. The molecule has 1 unspecified atom stereocenters. The van der Waals surface area contributed by atoms with Crippen LogP contribution in [-0.4, -0.2) is 33.4 Å². The van der Waals surface area contributed by atoms with Crippen LogP contribution in [0.25, 0.3) is 5.65 Å². The maximum atomic E-state index is 12.5. The van der Waals surface area contributed by atoms with Gasteiger partial charge in [0.2, 0.25) is 5.82 Å². The van der Waals surface area contributed by atoms with E-state index in [4.69, 9.17) is 0 Å². The highest BCUT2D eigenvalue weighted by Gasteiger charge is 2.26. The second-order valence-corrected chi connectivity index (χ2v) is 6.60. The third-order valence-electron chi connectivity index (χ3n) is 4.89. The highest BCUT2D eigenvalue weighted by molar-refractivity contribution is 5.61. The fourth-order valence-electron chi connectivity index (χ4n) is 3.63. The second kappa shape index (κ2) is 6.71. The first kappa shape index (κ1) is 17.0. The molecule has 4 rings (SSSR count). The van der Waals surface area contributed by atoms with Gasteiger partial charge in [-0.3, -0.25) is 19.3 Å². The van der Waals surface area contributed by atoms with Crippen LogP contribution in [0.3, 0.4) is 0 Å². The van der Waals surface area contributed by atoms with E-state index in [0.717, 1.165) is 6.42 Å². The van der Waals surface area contributed by atoms with Crippen molar-refractivity contribution in [3.05, 3.63) is 74.7 Å². The molecule has 1 aromatic carbocycles. The molecule has 0 saturated heterocycles. The molecule has 8 heteroatoms. The van der Waals surface area contributed by atoms with E-state index in [1.165, 1.54) is 21.8 Å². The summed E-state index contributed by atoms with van der Waals surface area (Å²) in [5.74, 6) is 0.0105. The van der Waals surface area contributed by atoms with Gasteiger partial charge < -0.3 is 10.2 Å². The minimum absolute atomic E-state index is 0.0105. The van der Waals surface area contributed by atoms with Crippen LogP contribution in [0.4, 0.5) is 17.2 Å². The van der Waals surface area contributed by atoms with Crippen LogP contribution in [-0.2, 0) is 6.42 Å². The third-order valence-corrected chi connectivity index (χ3v) is 4.89. The van der Waals surface area contributed by atoms with Crippen molar-refractivity contribution in [2.24, 2.45) is 0 Å². The lowest BCUT2D eigenvalue weighted by Gasteiger charge is -2.25. The number of aromatic nitrogens is 2. The second-order valence-electron chi connectivity index (χ2n) is 6.60. The minimum Gasteiger partial charge on any atom is -0.367 e. The van der Waals surface area contributed by atoms with E-state index in [-0.39, 0.29) is 5.82 Å². The molecule has 0 amide bonds. The van der Waals surface area contributed by atoms with E-state index in [2.05, 4.69) is 34.3 Å². The van der Waals surface area contributed by atoms with Crippen LogP contribution in [0.5, 0.6) is 0 Å². The van der Waals surface area contributed by atoms with Gasteiger partial charge in [0.1, 0.15) is 5.65 Å². The van der Waals surface area contributed by atoms with Crippen molar-refractivity contribution < 1.29 is 4.92 Å². The summed E-state index contributed by atoms with van der Waals surface area (Å²) >= 11 is 0. The predicted octanol–water partition coefficient (Wildman–Crippen LogP) is 2.47. The first-order valence-electron chi connectivity index (χ1n) is 8.80. The molecular weight excluding hydrogens is 346 g/mol. The van der Waals surface area contributed by atoms with Gasteiger partial charge in [0.25, 0.3) is 0 Å². The van der Waals surface area contributed by atoms with Crippen molar-refractivity contribution in [1.29, 1.82) is 0 Å². The van der Waals surface area contributed by atoms with Crippen LogP contribution in [0.2, 0.25) is 0 Å². The molecule has 0 radical (unpaired) electrons. The van der Waals surface area contributed by atoms with Gasteiger partial charge in [-0.05, 0) is 37.1 Å². The first-order chi connectivity index (χ1) is 13.1. The van der Waals surface area contributed by atoms with E-state index < -0.39 is 16.2 Å². The summed E-state index contributed by atoms with van der Waals surface area (Å²) in [5.41, 5.74) is 1.64. The van der Waals surface area contributed by atoms with Crippen LogP contribution in [0, 0.1) is 10.1 Å². The van der Waals surface area contributed by atoms with E-state index in [0.29, 0.717) is 24.8 Å². The summed E-state index contributed by atoms with van der Waals surface area (Å²) in [6, 6.07) is 13.6. The molecule has 8 nitrogen and oxygen atoms in total. The summed E-state index contributed by atoms with van der Waals surface area (Å²) in [6.07, 6.45) is 2.45. The zero-order valence-electron chi connectivity index (χ0n) is 14.8. The minimum atomic E-state index is -0.687. The predicted molar refractivity (Wildman–Crippen MR) is 104 cm³/mol. The Morgan fingerprint density at radius 1 is 1.26 bits per heavy atom. The van der Waals surface area contributed by atoms with Gasteiger partial charge in [0.15, 0.2) is 0 Å². The zero-order chi connectivity index (χ0) is 19.0. The molecule has 1 atom stereocenters. The number of pyridine rings is 1. The van der Waals surface area contributed by atoms with Gasteiger partial charge in [-0.2, -0.15) is 0 Å². The maximum absolute atomic E-state index is 12.5. The lowest BCUT2D eigenvalue weighted by molar-refractivity contribution is -0.385. The average Bonchev–Trinajstić information content (AvgIpc) is 2.97. The molecule has 1 aliphatic heterocycles. The van der Waals surface area contributed by atoms with Crippen LogP contribution in [0.1, 0.15) is 12.5 Å². The maximum Gasteiger partial charge on any atom is 0.376 e. The van der Waals surface area contributed by atoms with Gasteiger partial charge in [-0.1, -0.05) is 24.3 Å². The standard InChI is InChI=1S/C19H19N5O3/c1-13-12-14-6-2-3-7-15(14)22(13)11-9-20-18-17(24(26)27)19(25)23-10-5-4-8-16(23)21-18/h2-8,10,13,20H,9,11-12H2,1H3. The van der Waals surface area contributed by atoms with Crippen LogP contribution < -0.4 is 15.8 Å². The number of rotatable bonds is 5. The number of para-hydroxylation sites is 1. The molecule has 27 heavy (non-hydrogen) atoms. The average molecular weight is 365 g/mol. The van der Waals surface area contributed by atoms with Crippen LogP contribution in [0.15, 0.2) is 53.5 Å². The van der Waals surface area contributed by atoms with Gasteiger partial charge in [-0.25, -0.2) is 4.98 Å². The number of hydrogen-bond acceptors (Lipinski definition) is 6. The molecule has 0 spiro atoms. The Balaban J connectivity index is 1.58. The van der Waals surface area contributed by atoms with Gasteiger partial charge in [0, 0.05) is 31.0 Å². The number of nitrogens with one attached hydrogen (secondary N) is 1. The summed E-state index contributed by atoms with van der Waals surface area (Å²) in [5, 5.41) is 14.4. The van der Waals surface area contributed by atoms with Crippen molar-refractivity contribution in [2.45, 2.75) is 19.4 Å². The molecule has 0 saturated carbocycles. The van der Waals surface area contributed by atoms with Crippen molar-refractivity contribution in [3.8, 4) is 0 Å². The summed E-state index contributed by atoms with van der Waals surface area (Å²) < 4.78 is 1.18. The normalized spacial score (nSPS) is 15.7. The third kappa shape index (κ3) is 2.99. The van der Waals surface area contributed by atoms with E-state index in [1.54, 1.807) is 18.2 Å². The molecule has 2 aromatic heterocycles. The monoisotopic (exact) mass is 365 g/mol. The van der Waals surface area contributed by atoms with E-state index in [1.807, 2.05) is 12.1 Å². The Bertz CT molecular complexity index is 1080. The molecule has 1 N–H and O–H groups in total.